The quantitative estimate of drug-likeness (QED) is 0.796. The number of hydrogen-bond acceptors (Lipinski definition) is 5. The molecule has 0 unspecified atom stereocenters. The smallest absolute Gasteiger partial charge is 0.361 e. The lowest BCUT2D eigenvalue weighted by Gasteiger charge is -2.21. The standard InChI is InChI=1S/C16H17NO5/c1-9(2)10-7-8-21-13(10)16(20)22-17-14(18)11-5-3-4-6-12(11)15(17)19/h3-6,9-10,13H,7-8H2,1-2H3/t10-,13-/m1/s1. The zero-order valence-corrected chi connectivity index (χ0v) is 12.4. The number of fused-ring (bicyclic) bond motifs is 1. The highest BCUT2D eigenvalue weighted by atomic mass is 16.7. The molecular weight excluding hydrogens is 286 g/mol. The minimum absolute atomic E-state index is 0.0303. The van der Waals surface area contributed by atoms with E-state index in [1.54, 1.807) is 12.1 Å². The van der Waals surface area contributed by atoms with Crippen LogP contribution in [-0.4, -0.2) is 35.6 Å². The summed E-state index contributed by atoms with van der Waals surface area (Å²) in [5.41, 5.74) is 0.487. The number of carbonyl (C=O) groups is 3. The van der Waals surface area contributed by atoms with Crippen molar-refractivity contribution in [2.45, 2.75) is 26.4 Å². The lowest BCUT2D eigenvalue weighted by atomic mass is 9.89. The van der Waals surface area contributed by atoms with Crippen LogP contribution >= 0.6 is 0 Å². The van der Waals surface area contributed by atoms with Gasteiger partial charge in [-0.1, -0.05) is 31.0 Å². The van der Waals surface area contributed by atoms with Crippen molar-refractivity contribution < 1.29 is 24.0 Å². The summed E-state index contributed by atoms with van der Waals surface area (Å²) in [6, 6.07) is 6.38. The van der Waals surface area contributed by atoms with Crippen molar-refractivity contribution in [2.24, 2.45) is 11.8 Å². The van der Waals surface area contributed by atoms with Gasteiger partial charge in [-0.2, -0.15) is 0 Å². The Labute approximate surface area is 127 Å². The summed E-state index contributed by atoms with van der Waals surface area (Å²) in [5, 5.41) is 0.534. The van der Waals surface area contributed by atoms with E-state index in [-0.39, 0.29) is 23.0 Å². The van der Waals surface area contributed by atoms with E-state index in [4.69, 9.17) is 9.57 Å². The molecule has 2 heterocycles. The van der Waals surface area contributed by atoms with Crippen LogP contribution in [0.5, 0.6) is 0 Å². The van der Waals surface area contributed by atoms with Crippen molar-refractivity contribution in [3.8, 4) is 0 Å². The second kappa shape index (κ2) is 5.53. The van der Waals surface area contributed by atoms with Gasteiger partial charge >= 0.3 is 5.97 Å². The van der Waals surface area contributed by atoms with Gasteiger partial charge in [0.25, 0.3) is 11.8 Å². The van der Waals surface area contributed by atoms with Gasteiger partial charge in [-0.25, -0.2) is 4.79 Å². The molecule has 6 nitrogen and oxygen atoms in total. The molecule has 1 fully saturated rings. The van der Waals surface area contributed by atoms with Crippen molar-refractivity contribution in [1.29, 1.82) is 0 Å². The highest BCUT2D eigenvalue weighted by Gasteiger charge is 2.43. The number of hydrogen-bond donors (Lipinski definition) is 0. The first kappa shape index (κ1) is 14.7. The van der Waals surface area contributed by atoms with Crippen LogP contribution in [0.1, 0.15) is 41.0 Å². The number of benzene rings is 1. The molecule has 0 aliphatic carbocycles. The largest absolute Gasteiger partial charge is 0.366 e. The predicted molar refractivity (Wildman–Crippen MR) is 75.7 cm³/mol. The van der Waals surface area contributed by atoms with E-state index in [1.165, 1.54) is 12.1 Å². The summed E-state index contributed by atoms with van der Waals surface area (Å²) in [4.78, 5) is 41.6. The molecule has 22 heavy (non-hydrogen) atoms. The number of carbonyl (C=O) groups excluding carboxylic acids is 3. The van der Waals surface area contributed by atoms with Crippen molar-refractivity contribution in [2.75, 3.05) is 6.61 Å². The first-order valence-corrected chi connectivity index (χ1v) is 7.32. The Morgan fingerprint density at radius 1 is 1.23 bits per heavy atom. The van der Waals surface area contributed by atoms with Gasteiger partial charge in [0.1, 0.15) is 0 Å². The Morgan fingerprint density at radius 2 is 1.82 bits per heavy atom. The van der Waals surface area contributed by atoms with Crippen LogP contribution in [0, 0.1) is 11.8 Å². The molecule has 1 saturated heterocycles. The third kappa shape index (κ3) is 2.29. The van der Waals surface area contributed by atoms with Crippen LogP contribution in [0.4, 0.5) is 0 Å². The summed E-state index contributed by atoms with van der Waals surface area (Å²) in [7, 11) is 0. The summed E-state index contributed by atoms with van der Waals surface area (Å²) in [6.07, 6.45) is 0.0313. The maximum absolute atomic E-state index is 12.3. The molecule has 0 saturated carbocycles. The monoisotopic (exact) mass is 303 g/mol. The van der Waals surface area contributed by atoms with Gasteiger partial charge in [0.05, 0.1) is 11.1 Å². The minimum atomic E-state index is -0.732. The minimum Gasteiger partial charge on any atom is -0.366 e. The van der Waals surface area contributed by atoms with E-state index >= 15 is 0 Å². The average molecular weight is 303 g/mol. The Balaban J connectivity index is 1.76. The molecule has 0 spiro atoms. The Kier molecular flexibility index (Phi) is 3.70. The molecule has 2 amide bonds. The van der Waals surface area contributed by atoms with Crippen LogP contribution in [0.3, 0.4) is 0 Å². The first-order valence-electron chi connectivity index (χ1n) is 7.32. The Morgan fingerprint density at radius 3 is 2.36 bits per heavy atom. The van der Waals surface area contributed by atoms with E-state index in [9.17, 15) is 14.4 Å². The van der Waals surface area contributed by atoms with Crippen LogP contribution < -0.4 is 0 Å². The maximum atomic E-state index is 12.3. The van der Waals surface area contributed by atoms with Gasteiger partial charge in [0.2, 0.25) is 0 Å². The van der Waals surface area contributed by atoms with E-state index in [1.807, 2.05) is 13.8 Å². The number of amides is 2. The highest BCUT2D eigenvalue weighted by Crippen LogP contribution is 2.30. The fourth-order valence-corrected chi connectivity index (χ4v) is 2.92. The van der Waals surface area contributed by atoms with Gasteiger partial charge in [-0.05, 0) is 24.5 Å². The van der Waals surface area contributed by atoms with Crippen LogP contribution in [0.2, 0.25) is 0 Å². The first-order chi connectivity index (χ1) is 10.5. The zero-order chi connectivity index (χ0) is 15.9. The van der Waals surface area contributed by atoms with Crippen LogP contribution in [0.25, 0.3) is 0 Å². The molecule has 0 radical (unpaired) electrons. The van der Waals surface area contributed by atoms with Gasteiger partial charge in [0, 0.05) is 12.5 Å². The average Bonchev–Trinajstić information content (AvgIpc) is 3.08. The molecule has 3 rings (SSSR count). The molecular formula is C16H17NO5. The lowest BCUT2D eigenvalue weighted by Crippen LogP contribution is -2.39. The van der Waals surface area contributed by atoms with Gasteiger partial charge in [-0.15, -0.1) is 0 Å². The number of hydroxylamine groups is 2. The molecule has 116 valence electrons. The molecule has 0 aromatic heterocycles. The van der Waals surface area contributed by atoms with Crippen molar-refractivity contribution in [1.82, 2.24) is 5.06 Å². The van der Waals surface area contributed by atoms with E-state index in [0.717, 1.165) is 6.42 Å². The molecule has 2 aliphatic heterocycles. The third-order valence-electron chi connectivity index (χ3n) is 4.16. The van der Waals surface area contributed by atoms with Crippen molar-refractivity contribution in [3.05, 3.63) is 35.4 Å². The summed E-state index contributed by atoms with van der Waals surface area (Å²) in [6.45, 7) is 4.48. The van der Waals surface area contributed by atoms with Crippen LogP contribution in [0.15, 0.2) is 24.3 Å². The third-order valence-corrected chi connectivity index (χ3v) is 4.16. The molecule has 0 bridgehead atoms. The Bertz CT molecular complexity index is 604. The fourth-order valence-electron chi connectivity index (χ4n) is 2.92. The summed E-state index contributed by atoms with van der Waals surface area (Å²) in [5.74, 6) is -1.64. The zero-order valence-electron chi connectivity index (χ0n) is 12.4. The second-order valence-corrected chi connectivity index (χ2v) is 5.85. The van der Waals surface area contributed by atoms with Crippen LogP contribution in [-0.2, 0) is 14.4 Å². The molecule has 2 atom stereocenters. The summed E-state index contributed by atoms with van der Waals surface area (Å²) < 4.78 is 5.42. The molecule has 2 aliphatic rings. The topological polar surface area (TPSA) is 72.9 Å². The van der Waals surface area contributed by atoms with E-state index in [2.05, 4.69) is 0 Å². The lowest BCUT2D eigenvalue weighted by molar-refractivity contribution is -0.181. The Hall–Kier alpha value is -2.21. The normalized spacial score (nSPS) is 24.0. The van der Waals surface area contributed by atoms with Gasteiger partial charge < -0.3 is 9.57 Å². The maximum Gasteiger partial charge on any atom is 0.361 e. The molecule has 0 N–H and O–H groups in total. The highest BCUT2D eigenvalue weighted by molar-refractivity contribution is 6.20. The second-order valence-electron chi connectivity index (χ2n) is 5.85. The number of imide groups is 1. The molecule has 6 heteroatoms. The number of ether oxygens (including phenoxy) is 1. The van der Waals surface area contributed by atoms with Gasteiger partial charge in [0.15, 0.2) is 6.10 Å². The predicted octanol–water partition coefficient (Wildman–Crippen LogP) is 1.80. The number of nitrogens with zero attached hydrogens (tertiary/aromatic N) is 1. The molecule has 1 aromatic carbocycles. The SMILES string of the molecule is CC(C)[C@H]1CCO[C@H]1C(=O)ON1C(=O)c2ccccc2C1=O. The number of rotatable bonds is 3. The van der Waals surface area contributed by atoms with E-state index < -0.39 is 23.9 Å². The molecule has 1 aromatic rings. The summed E-state index contributed by atoms with van der Waals surface area (Å²) >= 11 is 0. The van der Waals surface area contributed by atoms with Gasteiger partial charge in [-0.3, -0.25) is 9.59 Å². The van der Waals surface area contributed by atoms with Crippen molar-refractivity contribution in [3.63, 3.8) is 0 Å². The van der Waals surface area contributed by atoms with Crippen molar-refractivity contribution >= 4 is 17.8 Å². The van der Waals surface area contributed by atoms with E-state index in [0.29, 0.717) is 11.7 Å². The fraction of sp³-hybridized carbons (Fsp3) is 0.438.